The molecule has 38 heavy (non-hydrogen) atoms. The van der Waals surface area contributed by atoms with Crippen molar-refractivity contribution in [2.24, 2.45) is 28.8 Å². The molecule has 5 atom stereocenters. The number of ether oxygens (including phenoxy) is 1. The van der Waals surface area contributed by atoms with Crippen molar-refractivity contribution in [3.8, 4) is 5.88 Å². The number of piperidine rings is 1. The number of carboxylic acid groups (broad SMARTS) is 1. The Bertz CT molecular complexity index is 1210. The molecule has 0 amide bonds. The van der Waals surface area contributed by atoms with Gasteiger partial charge in [-0.2, -0.15) is 18.3 Å². The third-order valence-corrected chi connectivity index (χ3v) is 8.56. The minimum absolute atomic E-state index is 0.429. The Morgan fingerprint density at radius 3 is 2.42 bits per heavy atom. The number of alkyl halides is 3. The van der Waals surface area contributed by atoms with Crippen molar-refractivity contribution < 1.29 is 27.8 Å². The van der Waals surface area contributed by atoms with E-state index in [-0.39, 0.29) is 0 Å². The van der Waals surface area contributed by atoms with E-state index in [0.29, 0.717) is 34.3 Å². The maximum absolute atomic E-state index is 13.5. The van der Waals surface area contributed by atoms with Gasteiger partial charge in [0.2, 0.25) is 5.88 Å². The Morgan fingerprint density at radius 1 is 1.18 bits per heavy atom. The monoisotopic (exact) mass is 550 g/mol. The maximum atomic E-state index is 13.5. The average molecular weight is 551 g/mol. The Labute approximate surface area is 224 Å². The Balaban J connectivity index is 1.29. The smallest absolute Gasteiger partial charge is 0.431 e. The fourth-order valence-corrected chi connectivity index (χ4v) is 6.59. The van der Waals surface area contributed by atoms with E-state index in [4.69, 9.17) is 16.3 Å². The molecule has 1 aliphatic carbocycles. The van der Waals surface area contributed by atoms with E-state index < -0.39 is 36.2 Å². The number of halogens is 4. The second-order valence-electron chi connectivity index (χ2n) is 10.5. The van der Waals surface area contributed by atoms with Gasteiger partial charge in [-0.1, -0.05) is 30.7 Å². The molecule has 1 N–H and O–H groups in total. The van der Waals surface area contributed by atoms with Crippen molar-refractivity contribution in [2.75, 3.05) is 30.1 Å². The summed E-state index contributed by atoms with van der Waals surface area (Å²) in [7, 11) is 1.58. The van der Waals surface area contributed by atoms with Crippen LogP contribution < -0.4 is 14.6 Å². The van der Waals surface area contributed by atoms with Crippen LogP contribution in [0.15, 0.2) is 41.6 Å². The second kappa shape index (κ2) is 10.3. The van der Waals surface area contributed by atoms with E-state index in [0.717, 1.165) is 43.6 Å². The van der Waals surface area contributed by atoms with Crippen molar-refractivity contribution in [1.29, 1.82) is 0 Å². The number of aromatic nitrogens is 1. The normalized spacial score (nSPS) is 27.0. The predicted octanol–water partition coefficient (Wildman–Crippen LogP) is 5.67. The third-order valence-electron chi connectivity index (χ3n) is 8.27. The molecular formula is C27H30ClF3N4O3. The molecule has 2 fully saturated rings. The minimum atomic E-state index is -4.61. The molecule has 1 aromatic heterocycles. The largest absolute Gasteiger partial charge is 0.481 e. The molecule has 2 aliphatic heterocycles. The van der Waals surface area contributed by atoms with Gasteiger partial charge in [0.1, 0.15) is 5.71 Å². The highest BCUT2D eigenvalue weighted by atomic mass is 35.5. The minimum Gasteiger partial charge on any atom is -0.481 e. The molecule has 2 bridgehead atoms. The first-order valence-corrected chi connectivity index (χ1v) is 13.1. The first-order chi connectivity index (χ1) is 18.0. The van der Waals surface area contributed by atoms with Gasteiger partial charge in [-0.05, 0) is 54.7 Å². The summed E-state index contributed by atoms with van der Waals surface area (Å²) in [6.45, 7) is 3.17. The zero-order valence-corrected chi connectivity index (χ0v) is 21.9. The average Bonchev–Trinajstić information content (AvgIpc) is 3.30. The first-order valence-electron chi connectivity index (χ1n) is 12.7. The van der Waals surface area contributed by atoms with E-state index in [1.165, 1.54) is 11.9 Å². The van der Waals surface area contributed by atoms with Gasteiger partial charge in [0, 0.05) is 25.1 Å². The molecule has 1 saturated heterocycles. The van der Waals surface area contributed by atoms with Gasteiger partial charge in [0.05, 0.1) is 42.2 Å². The SMILES string of the molecule is COc1cc(N2C[C@H]3CC[C@@H](C2)[C@@H]3Cc2ccc(N3N=C(C(F)(F)F)[C@@H](C)[C@@H]3CC(=O)O)cc2)c(Cl)cn1. The second-order valence-corrected chi connectivity index (χ2v) is 10.9. The lowest BCUT2D eigenvalue weighted by Gasteiger charge is -2.40. The fraction of sp³-hybridized carbons (Fsp3) is 0.519. The zero-order valence-electron chi connectivity index (χ0n) is 21.2. The van der Waals surface area contributed by atoms with Gasteiger partial charge in [0.15, 0.2) is 0 Å². The number of pyridine rings is 1. The van der Waals surface area contributed by atoms with Crippen LogP contribution in [-0.2, 0) is 11.2 Å². The summed E-state index contributed by atoms with van der Waals surface area (Å²) in [4.78, 5) is 17.9. The van der Waals surface area contributed by atoms with Crippen LogP contribution in [0.5, 0.6) is 5.88 Å². The number of carbonyl (C=O) groups is 1. The number of hydrazone groups is 1. The van der Waals surface area contributed by atoms with Gasteiger partial charge in [-0.3, -0.25) is 9.80 Å². The lowest BCUT2D eigenvalue weighted by atomic mass is 9.80. The quantitative estimate of drug-likeness (QED) is 0.479. The summed E-state index contributed by atoms with van der Waals surface area (Å²) < 4.78 is 45.7. The molecule has 0 radical (unpaired) electrons. The topological polar surface area (TPSA) is 78.3 Å². The number of fused-ring (bicyclic) bond motifs is 2. The highest BCUT2D eigenvalue weighted by molar-refractivity contribution is 6.33. The number of rotatable bonds is 7. The Kier molecular flexibility index (Phi) is 7.19. The molecule has 11 heteroatoms. The predicted molar refractivity (Wildman–Crippen MR) is 139 cm³/mol. The molecule has 204 valence electrons. The number of nitrogens with zero attached hydrogens (tertiary/aromatic N) is 4. The van der Waals surface area contributed by atoms with Gasteiger partial charge in [0.25, 0.3) is 0 Å². The molecule has 7 nitrogen and oxygen atoms in total. The molecule has 0 spiro atoms. The molecule has 3 aliphatic rings. The van der Waals surface area contributed by atoms with Crippen LogP contribution in [0.25, 0.3) is 0 Å². The lowest BCUT2D eigenvalue weighted by Crippen LogP contribution is -2.42. The number of anilines is 2. The van der Waals surface area contributed by atoms with Gasteiger partial charge >= 0.3 is 12.1 Å². The van der Waals surface area contributed by atoms with Crippen LogP contribution in [-0.4, -0.2) is 54.2 Å². The van der Waals surface area contributed by atoms with E-state index >= 15 is 0 Å². The van der Waals surface area contributed by atoms with Crippen molar-refractivity contribution >= 4 is 34.7 Å². The number of hydrogen-bond donors (Lipinski definition) is 1. The van der Waals surface area contributed by atoms with E-state index in [9.17, 15) is 23.1 Å². The number of methoxy groups -OCH3 is 1. The van der Waals surface area contributed by atoms with E-state index in [2.05, 4.69) is 15.0 Å². The highest BCUT2D eigenvalue weighted by Crippen LogP contribution is 2.46. The molecule has 2 aromatic rings. The number of aliphatic carboxylic acids is 1. The summed E-state index contributed by atoms with van der Waals surface area (Å²) in [5.41, 5.74) is 1.57. The number of benzene rings is 1. The molecule has 1 aromatic carbocycles. The molecule has 0 unspecified atom stereocenters. The van der Waals surface area contributed by atoms with Gasteiger partial charge < -0.3 is 14.7 Å². The first kappa shape index (κ1) is 26.6. The van der Waals surface area contributed by atoms with Crippen molar-refractivity contribution in [1.82, 2.24) is 4.98 Å². The Morgan fingerprint density at radius 2 is 1.84 bits per heavy atom. The van der Waals surface area contributed by atoms with Crippen molar-refractivity contribution in [3.05, 3.63) is 47.1 Å². The van der Waals surface area contributed by atoms with Crippen molar-refractivity contribution in [2.45, 2.75) is 44.8 Å². The summed E-state index contributed by atoms with van der Waals surface area (Å²) >= 11 is 6.45. The Hall–Kier alpha value is -3.01. The van der Waals surface area contributed by atoms with Gasteiger partial charge in [-0.25, -0.2) is 4.98 Å². The van der Waals surface area contributed by atoms with Crippen LogP contribution in [0, 0.1) is 23.7 Å². The summed E-state index contributed by atoms with van der Waals surface area (Å²) in [5, 5.41) is 14.9. The van der Waals surface area contributed by atoms with E-state index in [1.807, 2.05) is 18.2 Å². The zero-order chi connectivity index (χ0) is 27.2. The van der Waals surface area contributed by atoms with Crippen molar-refractivity contribution in [3.63, 3.8) is 0 Å². The highest BCUT2D eigenvalue weighted by Gasteiger charge is 2.49. The maximum Gasteiger partial charge on any atom is 0.431 e. The van der Waals surface area contributed by atoms with Crippen LogP contribution >= 0.6 is 11.6 Å². The standard InChI is InChI=1S/C27H30ClF3N4O3/c1-15-22(11-25(36)37)35(33-26(15)27(29,30)31)19-7-3-16(4-8-19)9-20-17-5-6-18(20)14-34(13-17)23-10-24(38-2)32-12-21(23)28/h3-4,7-8,10,12,15,17-18,20,22H,5-6,9,11,13-14H2,1-2H3,(H,36,37)/t15-,17-,18+,20-,22-/m0/s1. The van der Waals surface area contributed by atoms with Crippen LogP contribution in [0.4, 0.5) is 24.5 Å². The fourth-order valence-electron chi connectivity index (χ4n) is 6.37. The third kappa shape index (κ3) is 5.15. The van der Waals surface area contributed by atoms with Crippen LogP contribution in [0.3, 0.4) is 0 Å². The lowest BCUT2D eigenvalue weighted by molar-refractivity contribution is -0.137. The van der Waals surface area contributed by atoms with Crippen LogP contribution in [0.2, 0.25) is 5.02 Å². The molecule has 5 rings (SSSR count). The van der Waals surface area contributed by atoms with E-state index in [1.54, 1.807) is 25.4 Å². The molecule has 3 heterocycles. The molecule has 1 saturated carbocycles. The van der Waals surface area contributed by atoms with Gasteiger partial charge in [-0.15, -0.1) is 0 Å². The van der Waals surface area contributed by atoms with Crippen LogP contribution in [0.1, 0.15) is 31.7 Å². The number of hydrogen-bond acceptors (Lipinski definition) is 6. The molecular weight excluding hydrogens is 521 g/mol. The summed E-state index contributed by atoms with van der Waals surface area (Å²) in [6.07, 6.45) is -0.258. The summed E-state index contributed by atoms with van der Waals surface area (Å²) in [5.74, 6) is -0.163. The number of carboxylic acids is 1. The summed E-state index contributed by atoms with van der Waals surface area (Å²) in [6, 6.07) is 8.34.